The molecule has 0 fully saturated rings. The van der Waals surface area contributed by atoms with E-state index in [0.717, 1.165) is 5.19 Å². The second-order valence-electron chi connectivity index (χ2n) is 3.74. The number of rotatable bonds is 2. The van der Waals surface area contributed by atoms with Gasteiger partial charge in [-0.2, -0.15) is 13.2 Å². The minimum Gasteiger partial charge on any atom is -0.167 e. The van der Waals surface area contributed by atoms with E-state index in [1.54, 1.807) is 43.4 Å². The zero-order valence-corrected chi connectivity index (χ0v) is 9.52. The van der Waals surface area contributed by atoms with Gasteiger partial charge in [0.15, 0.2) is 0 Å². The van der Waals surface area contributed by atoms with E-state index in [2.05, 4.69) is 0 Å². The van der Waals surface area contributed by atoms with Gasteiger partial charge in [0.25, 0.3) is 0 Å². The van der Waals surface area contributed by atoms with E-state index in [-0.39, 0.29) is 0 Å². The Hall–Kier alpha value is -1.03. The average Bonchev–Trinajstić information content (AvgIpc) is 2.27. The summed E-state index contributed by atoms with van der Waals surface area (Å²) in [6.07, 6.45) is -4.74. The quantitative estimate of drug-likeness (QED) is 0.687. The molecule has 0 aliphatic heterocycles. The van der Waals surface area contributed by atoms with Crippen molar-refractivity contribution < 1.29 is 15.9 Å². The van der Waals surface area contributed by atoms with Crippen LogP contribution in [0.1, 0.15) is 2.74 Å². The van der Waals surface area contributed by atoms with E-state index in [9.17, 15) is 13.2 Å². The Morgan fingerprint density at radius 2 is 1.73 bits per heavy atom. The largest absolute Gasteiger partial charge is 0.409 e. The average molecular weight is 232 g/mol. The minimum absolute atomic E-state index is 0.587. The van der Waals surface area contributed by atoms with Gasteiger partial charge in [-0.3, -0.25) is 0 Å². The zero-order valence-electron chi connectivity index (χ0n) is 10.5. The number of hydrogen-bond donors (Lipinski definition) is 0. The Morgan fingerprint density at radius 3 is 2.20 bits per heavy atom. The Balaban J connectivity index is 3.24. The van der Waals surface area contributed by atoms with Crippen LogP contribution < -0.4 is 5.19 Å². The summed E-state index contributed by atoms with van der Waals surface area (Å²) in [6, 6.07) is 7.13. The van der Waals surface area contributed by atoms with E-state index in [4.69, 9.17) is 2.74 Å². The van der Waals surface area contributed by atoms with Crippen LogP contribution in [0.25, 0.3) is 0 Å². The van der Waals surface area contributed by atoms with Crippen molar-refractivity contribution in [1.82, 2.24) is 0 Å². The SMILES string of the molecule is [2H]/C(=C(\[2H])[Si](C)(C)c1ccccc1)C(F)(F)F. The van der Waals surface area contributed by atoms with E-state index in [1.807, 2.05) is 0 Å². The van der Waals surface area contributed by atoms with Gasteiger partial charge in [-0.25, -0.2) is 0 Å². The van der Waals surface area contributed by atoms with Crippen LogP contribution >= 0.6 is 0 Å². The molecule has 0 unspecified atom stereocenters. The first-order valence-electron chi connectivity index (χ1n) is 5.48. The molecule has 0 saturated carbocycles. The van der Waals surface area contributed by atoms with Crippen molar-refractivity contribution in [3.05, 3.63) is 42.1 Å². The highest BCUT2D eigenvalue weighted by Crippen LogP contribution is 2.18. The molecule has 0 saturated heterocycles. The van der Waals surface area contributed by atoms with Crippen molar-refractivity contribution in [3.8, 4) is 0 Å². The van der Waals surface area contributed by atoms with Gasteiger partial charge in [0.05, 0.1) is 2.74 Å². The monoisotopic (exact) mass is 232 g/mol. The maximum absolute atomic E-state index is 12.4. The highest BCUT2D eigenvalue weighted by atomic mass is 28.3. The van der Waals surface area contributed by atoms with Crippen LogP contribution in [0.15, 0.2) is 42.1 Å². The molecule has 0 heterocycles. The fourth-order valence-corrected chi connectivity index (χ4v) is 2.78. The molecule has 0 spiro atoms. The molecule has 0 nitrogen and oxygen atoms in total. The van der Waals surface area contributed by atoms with E-state index < -0.39 is 26.0 Å². The summed E-state index contributed by atoms with van der Waals surface area (Å²) in [5.74, 6) is 0. The molecule has 1 aromatic rings. The summed E-state index contributed by atoms with van der Waals surface area (Å²) in [4.78, 5) is 0. The Labute approximate surface area is 91.3 Å². The van der Waals surface area contributed by atoms with Gasteiger partial charge in [-0.1, -0.05) is 54.3 Å². The molecule has 0 aliphatic rings. The highest BCUT2D eigenvalue weighted by Gasteiger charge is 2.26. The van der Waals surface area contributed by atoms with Crippen LogP contribution in [-0.4, -0.2) is 14.3 Å². The molecule has 1 aromatic carbocycles. The molecule has 0 atom stereocenters. The maximum Gasteiger partial charge on any atom is 0.409 e. The minimum atomic E-state index is -4.74. The third-order valence-corrected chi connectivity index (χ3v) is 4.54. The summed E-state index contributed by atoms with van der Waals surface area (Å²) in [6.45, 7) is 3.29. The second kappa shape index (κ2) is 4.22. The molecule has 0 bridgehead atoms. The van der Waals surface area contributed by atoms with Gasteiger partial charge in [-0.05, 0) is 0 Å². The van der Waals surface area contributed by atoms with Gasteiger partial charge in [0, 0.05) is 6.05 Å². The smallest absolute Gasteiger partial charge is 0.167 e. The van der Waals surface area contributed by atoms with E-state index in [0.29, 0.717) is 0 Å². The topological polar surface area (TPSA) is 0 Å². The lowest BCUT2D eigenvalue weighted by Gasteiger charge is -2.18. The molecule has 0 aliphatic carbocycles. The van der Waals surface area contributed by atoms with E-state index >= 15 is 0 Å². The molecule has 0 aromatic heterocycles. The van der Waals surface area contributed by atoms with Crippen molar-refractivity contribution in [1.29, 1.82) is 0 Å². The van der Waals surface area contributed by atoms with Crippen LogP contribution in [0, 0.1) is 0 Å². The standard InChI is InChI=1S/C11H13F3Si/c1-15(2,9-8-11(12,13)14)10-6-4-3-5-7-10/h3-9H,1-2H3/b9-8-/i8D,9D. The van der Waals surface area contributed by atoms with Crippen molar-refractivity contribution in [2.24, 2.45) is 0 Å². The number of hydrogen-bond acceptors (Lipinski definition) is 0. The number of benzene rings is 1. The zero-order chi connectivity index (χ0) is 13.3. The Bertz CT molecular complexity index is 424. The summed E-state index contributed by atoms with van der Waals surface area (Å²) in [5.41, 5.74) is -0.587. The molecule has 4 heteroatoms. The molecular weight excluding hydrogens is 217 g/mol. The van der Waals surface area contributed by atoms with Gasteiger partial charge in [0.2, 0.25) is 0 Å². The predicted octanol–water partition coefficient (Wildman–Crippen LogP) is 3.26. The van der Waals surface area contributed by atoms with E-state index in [1.165, 1.54) is 0 Å². The first-order chi connectivity index (χ1) is 7.67. The van der Waals surface area contributed by atoms with Crippen LogP contribution in [0.4, 0.5) is 13.2 Å². The molecule has 15 heavy (non-hydrogen) atoms. The molecule has 0 radical (unpaired) electrons. The fraction of sp³-hybridized carbons (Fsp3) is 0.273. The summed E-state index contributed by atoms with van der Waals surface area (Å²) < 4.78 is 51.9. The summed E-state index contributed by atoms with van der Waals surface area (Å²) in [7, 11) is -2.72. The summed E-state index contributed by atoms with van der Waals surface area (Å²) >= 11 is 0. The molecule has 0 amide bonds. The van der Waals surface area contributed by atoms with Crippen LogP contribution in [0.3, 0.4) is 0 Å². The van der Waals surface area contributed by atoms with Crippen molar-refractivity contribution in [3.63, 3.8) is 0 Å². The second-order valence-corrected chi connectivity index (χ2v) is 7.82. The number of halogens is 3. The highest BCUT2D eigenvalue weighted by molar-refractivity contribution is 6.93. The number of allylic oxidation sites excluding steroid dienone is 1. The Morgan fingerprint density at radius 1 is 1.20 bits per heavy atom. The number of alkyl halides is 3. The third-order valence-electron chi connectivity index (χ3n) is 2.01. The normalized spacial score (nSPS) is 16.6. The molecular formula is C11H13F3Si. The molecule has 0 N–H and O–H groups in total. The fourth-order valence-electron chi connectivity index (χ4n) is 1.15. The van der Waals surface area contributed by atoms with Crippen molar-refractivity contribution >= 4 is 13.3 Å². The third kappa shape index (κ3) is 3.91. The van der Waals surface area contributed by atoms with Crippen molar-refractivity contribution in [2.75, 3.05) is 0 Å². The van der Waals surface area contributed by atoms with Gasteiger partial charge in [-0.15, -0.1) is 0 Å². The van der Waals surface area contributed by atoms with Gasteiger partial charge < -0.3 is 0 Å². The van der Waals surface area contributed by atoms with Gasteiger partial charge in [0.1, 0.15) is 8.07 Å². The lowest BCUT2D eigenvalue weighted by molar-refractivity contribution is -0.0797. The lowest BCUT2D eigenvalue weighted by Crippen LogP contribution is -2.39. The van der Waals surface area contributed by atoms with Crippen molar-refractivity contribution in [2.45, 2.75) is 19.3 Å². The first kappa shape index (κ1) is 9.21. The van der Waals surface area contributed by atoms with Gasteiger partial charge >= 0.3 is 6.18 Å². The van der Waals surface area contributed by atoms with Crippen LogP contribution in [0.5, 0.6) is 0 Å². The maximum atomic E-state index is 12.4. The van der Waals surface area contributed by atoms with Crippen LogP contribution in [-0.2, 0) is 0 Å². The predicted molar refractivity (Wildman–Crippen MR) is 58.8 cm³/mol. The first-order valence-corrected chi connectivity index (χ1v) is 7.48. The van der Waals surface area contributed by atoms with Crippen LogP contribution in [0.2, 0.25) is 13.1 Å². The molecule has 1 rings (SSSR count). The lowest BCUT2D eigenvalue weighted by atomic mass is 10.4. The Kier molecular flexibility index (Phi) is 2.59. The summed E-state index contributed by atoms with van der Waals surface area (Å²) in [5, 5.41) is 0.721. The molecule has 82 valence electrons.